The summed E-state index contributed by atoms with van der Waals surface area (Å²) in [7, 11) is 0. The molecule has 0 spiro atoms. The number of halogens is 2. The molecular weight excluding hydrogens is 772 g/mol. The number of para-hydroxylation sites is 3. The van der Waals surface area contributed by atoms with Crippen LogP contribution in [0, 0.1) is 12.1 Å². The zero-order valence-corrected chi connectivity index (χ0v) is 28.9. The fraction of sp³-hybridized carbons (Fsp3) is 0.256. The van der Waals surface area contributed by atoms with Gasteiger partial charge in [0.1, 0.15) is 15.6 Å². The number of hydrogen-bond acceptors (Lipinski definition) is 2. The van der Waals surface area contributed by atoms with E-state index in [0.29, 0.717) is 27.0 Å². The second-order valence-electron chi connectivity index (χ2n) is 13.5. The molecule has 0 saturated heterocycles. The van der Waals surface area contributed by atoms with Gasteiger partial charge < -0.3 is 9.55 Å². The summed E-state index contributed by atoms with van der Waals surface area (Å²) in [5.41, 5.74) is 0.216. The minimum absolute atomic E-state index is 0. The molecule has 3 aromatic carbocycles. The number of nitrogens with zero attached hydrogens (tertiary/aromatic N) is 5. The molecule has 0 N–H and O–H groups in total. The molecule has 0 bridgehead atoms. The first-order valence-corrected chi connectivity index (χ1v) is 14.8. The fourth-order valence-electron chi connectivity index (χ4n) is 5.58. The quantitative estimate of drug-likeness (QED) is 0.132. The van der Waals surface area contributed by atoms with E-state index in [0.717, 1.165) is 27.2 Å². The molecule has 0 aliphatic carbocycles. The molecule has 4 heterocycles. The molecule has 0 amide bonds. The summed E-state index contributed by atoms with van der Waals surface area (Å²) in [6.07, 6.45) is 2.78. The molecular formula is C39H35F2N5Pt+2. The maximum Gasteiger partial charge on any atom is 2.00 e. The van der Waals surface area contributed by atoms with E-state index in [4.69, 9.17) is 9.60 Å². The van der Waals surface area contributed by atoms with Gasteiger partial charge in [0.25, 0.3) is 17.3 Å². The Morgan fingerprint density at radius 2 is 1.60 bits per heavy atom. The van der Waals surface area contributed by atoms with Crippen molar-refractivity contribution in [1.82, 2.24) is 19.1 Å². The number of aromatic nitrogens is 3. The van der Waals surface area contributed by atoms with E-state index in [1.54, 1.807) is 10.8 Å². The third-order valence-electron chi connectivity index (χ3n) is 8.20. The van der Waals surface area contributed by atoms with Gasteiger partial charge in [-0.25, -0.2) is 13.8 Å². The van der Waals surface area contributed by atoms with Crippen LogP contribution in [0.4, 0.5) is 25.8 Å². The Morgan fingerprint density at radius 1 is 0.872 bits per heavy atom. The van der Waals surface area contributed by atoms with Crippen LogP contribution in [-0.2, 0) is 37.8 Å². The third-order valence-corrected chi connectivity index (χ3v) is 8.20. The molecule has 0 saturated carbocycles. The van der Waals surface area contributed by atoms with Crippen LogP contribution < -0.4 is 4.58 Å². The Bertz CT molecular complexity index is 2600. The second-order valence-corrected chi connectivity index (χ2v) is 13.5. The molecule has 0 atom stereocenters. The summed E-state index contributed by atoms with van der Waals surface area (Å²) in [5.74, 6) is -3.23. The fourth-order valence-corrected chi connectivity index (χ4v) is 5.58. The van der Waals surface area contributed by atoms with Gasteiger partial charge in [0.05, 0.1) is 5.48 Å². The van der Waals surface area contributed by atoms with E-state index in [1.165, 1.54) is 12.1 Å². The summed E-state index contributed by atoms with van der Waals surface area (Å²) >= 11 is 0. The summed E-state index contributed by atoms with van der Waals surface area (Å²) in [6.45, 7) is 8.81. The van der Waals surface area contributed by atoms with Crippen molar-refractivity contribution >= 4 is 45.0 Å². The standard InChI is InChI=1S/C39H35F2N5.Pt/c1-37(2,3)25-16-17-42-35(22-25)46-31-13-9-8-12-30(31)36-34(46)21-28(23-43-36)39(40,41)27-18-26(38(4,5)6)19-29(20-27)45-24-44(7)32-14-10-11-15-33(32)45;/h8-19,22-23H,1-7H3;/q;+2/i7D3,10D,11D,14D,15D;. The van der Waals surface area contributed by atoms with E-state index in [1.807, 2.05) is 57.2 Å². The minimum Gasteiger partial charge on any atom is -0.380 e. The SMILES string of the molecule is [2H]c1c([2H])c([2H])c2c(c1[2H])[N+](c1[c-]c(C(F)(F)c3[c-]c4c(nc3)c3ccccc3n4-c3cc(C(C)(C)C)ccn3)cc(C(C)(C)C)c1)=C=[N+]2C([2H])([2H])[2H].[Pt+2]. The summed E-state index contributed by atoms with van der Waals surface area (Å²) in [4.78, 5) is 9.16. The maximum absolute atomic E-state index is 17.1. The molecule has 6 aromatic rings. The van der Waals surface area contributed by atoms with Crippen LogP contribution in [0.1, 0.15) is 73.4 Å². The molecule has 1 aliphatic heterocycles. The van der Waals surface area contributed by atoms with E-state index in [9.17, 15) is 0 Å². The van der Waals surface area contributed by atoms with Crippen molar-refractivity contribution in [1.29, 1.82) is 0 Å². The Morgan fingerprint density at radius 3 is 2.32 bits per heavy atom. The summed E-state index contributed by atoms with van der Waals surface area (Å²) < 4.78 is 95.6. The topological polar surface area (TPSA) is 36.7 Å². The van der Waals surface area contributed by atoms with Gasteiger partial charge in [0.2, 0.25) is 0 Å². The predicted octanol–water partition coefficient (Wildman–Crippen LogP) is 9.20. The smallest absolute Gasteiger partial charge is 0.380 e. The predicted molar refractivity (Wildman–Crippen MR) is 180 cm³/mol. The largest absolute Gasteiger partial charge is 2.00 e. The summed E-state index contributed by atoms with van der Waals surface area (Å²) in [5, 5.41) is 0.738. The van der Waals surface area contributed by atoms with Crippen LogP contribution in [0.5, 0.6) is 0 Å². The van der Waals surface area contributed by atoms with Gasteiger partial charge >= 0.3 is 27.1 Å². The number of alkyl halides is 2. The third kappa shape index (κ3) is 5.56. The minimum atomic E-state index is -3.75. The van der Waals surface area contributed by atoms with E-state index < -0.39 is 53.6 Å². The number of pyridine rings is 2. The van der Waals surface area contributed by atoms with Gasteiger partial charge in [-0.05, 0) is 51.0 Å². The molecule has 1 aliphatic rings. The maximum atomic E-state index is 17.1. The molecule has 0 radical (unpaired) electrons. The average molecular weight is 814 g/mol. The van der Waals surface area contributed by atoms with Crippen LogP contribution >= 0.6 is 0 Å². The zero-order chi connectivity index (χ0) is 38.6. The van der Waals surface area contributed by atoms with Gasteiger partial charge in [-0.1, -0.05) is 110 Å². The molecule has 47 heavy (non-hydrogen) atoms. The molecule has 0 unspecified atom stereocenters. The van der Waals surface area contributed by atoms with Crippen molar-refractivity contribution in [3.8, 4) is 5.82 Å². The average Bonchev–Trinajstić information content (AvgIpc) is 3.66. The molecule has 7 rings (SSSR count). The number of rotatable bonds is 4. The Hall–Kier alpha value is -4.31. The van der Waals surface area contributed by atoms with Gasteiger partial charge in [-0.15, -0.1) is 11.6 Å². The van der Waals surface area contributed by atoms with Crippen molar-refractivity contribution < 1.29 is 44.0 Å². The molecule has 238 valence electrons. The monoisotopic (exact) mass is 813 g/mol. The van der Waals surface area contributed by atoms with Crippen molar-refractivity contribution in [3.63, 3.8) is 0 Å². The first-order chi connectivity index (χ1) is 24.6. The van der Waals surface area contributed by atoms with Gasteiger partial charge in [-0.3, -0.25) is 0 Å². The zero-order valence-electron chi connectivity index (χ0n) is 33.6. The molecule has 0 fully saturated rings. The number of fused-ring (bicyclic) bond motifs is 4. The van der Waals surface area contributed by atoms with Crippen molar-refractivity contribution in [3.05, 3.63) is 119 Å². The first-order valence-electron chi connectivity index (χ1n) is 18.3. The van der Waals surface area contributed by atoms with E-state index in [2.05, 4.69) is 48.9 Å². The number of benzene rings is 3. The molecule has 5 nitrogen and oxygen atoms in total. The number of hydrogen-bond donors (Lipinski definition) is 0. The van der Waals surface area contributed by atoms with Crippen LogP contribution in [0.25, 0.3) is 27.8 Å². The Labute approximate surface area is 298 Å². The Balaban J connectivity index is 0.00000497. The van der Waals surface area contributed by atoms with Crippen LogP contribution in [-0.4, -0.2) is 32.1 Å². The van der Waals surface area contributed by atoms with Gasteiger partial charge in [0.15, 0.2) is 6.98 Å². The van der Waals surface area contributed by atoms with Crippen LogP contribution in [0.2, 0.25) is 0 Å². The first kappa shape index (κ1) is 24.8. The normalized spacial score (nSPS) is 15.8. The van der Waals surface area contributed by atoms with Crippen molar-refractivity contribution in [2.75, 3.05) is 6.98 Å². The van der Waals surface area contributed by atoms with E-state index >= 15 is 8.78 Å². The van der Waals surface area contributed by atoms with Crippen molar-refractivity contribution in [2.24, 2.45) is 0 Å². The summed E-state index contributed by atoms with van der Waals surface area (Å²) in [6, 6.07) is 20.1. The molecule has 8 heteroatoms. The van der Waals surface area contributed by atoms with Crippen LogP contribution in [0.3, 0.4) is 0 Å². The molecule has 3 aromatic heterocycles. The van der Waals surface area contributed by atoms with Gasteiger partial charge in [-0.2, -0.15) is 6.07 Å². The second kappa shape index (κ2) is 11.4. The van der Waals surface area contributed by atoms with Gasteiger partial charge in [0, 0.05) is 23.8 Å². The Kier molecular flexibility index (Phi) is 6.04. The van der Waals surface area contributed by atoms with Crippen molar-refractivity contribution in [2.45, 2.75) is 58.3 Å². The van der Waals surface area contributed by atoms with Crippen LogP contribution in [0.15, 0.2) is 85.1 Å². The van der Waals surface area contributed by atoms with E-state index in [-0.39, 0.29) is 43.5 Å².